The average molecular weight is 500 g/mol. The number of hydrogen-bond acceptors (Lipinski definition) is 0. The van der Waals surface area contributed by atoms with Crippen LogP contribution in [-0.4, -0.2) is 22.0 Å². The molecule has 0 unspecified atom stereocenters. The summed E-state index contributed by atoms with van der Waals surface area (Å²) in [6, 6.07) is 11.7. The van der Waals surface area contributed by atoms with Gasteiger partial charge in [0, 0.05) is 0 Å². The molecule has 26 heavy (non-hydrogen) atoms. The van der Waals surface area contributed by atoms with Gasteiger partial charge in [-0.25, -0.2) is 0 Å². The maximum absolute atomic E-state index is 14.6. The van der Waals surface area contributed by atoms with Crippen molar-refractivity contribution >= 4 is 19.8 Å². The van der Waals surface area contributed by atoms with Crippen LogP contribution in [0.3, 0.4) is 0 Å². The summed E-state index contributed by atoms with van der Waals surface area (Å²) in [7, 11) is 0. The molecule has 0 aliphatic rings. The molecular weight excluding hydrogens is 490 g/mol. The van der Waals surface area contributed by atoms with Gasteiger partial charge in [0.2, 0.25) is 0 Å². The van der Waals surface area contributed by atoms with Crippen LogP contribution in [0.5, 0.6) is 0 Å². The molecule has 0 heterocycles. The van der Waals surface area contributed by atoms with Crippen molar-refractivity contribution in [2.45, 2.75) is 22.0 Å². The fourth-order valence-electron chi connectivity index (χ4n) is 1.96. The van der Waals surface area contributed by atoms with Gasteiger partial charge in [-0.1, -0.05) is 0 Å². The monoisotopic (exact) mass is 500 g/mol. The van der Waals surface area contributed by atoms with Crippen molar-refractivity contribution in [2.24, 2.45) is 0 Å². The molecule has 2 rings (SSSR count). The Bertz CT molecular complexity index is 687. The van der Waals surface area contributed by atoms with Crippen LogP contribution in [0.4, 0.5) is 39.5 Å². The first-order chi connectivity index (χ1) is 11.8. The molecule has 0 aromatic heterocycles. The molecule has 144 valence electrons. The Morgan fingerprint density at radius 2 is 0.846 bits per heavy atom. The van der Waals surface area contributed by atoms with E-state index in [1.54, 1.807) is 0 Å². The van der Waals surface area contributed by atoms with Crippen LogP contribution in [0.1, 0.15) is 0 Å². The van der Waals surface area contributed by atoms with E-state index >= 15 is 0 Å². The van der Waals surface area contributed by atoms with Gasteiger partial charge < -0.3 is 0 Å². The zero-order valence-electron chi connectivity index (χ0n) is 12.6. The zero-order valence-corrected chi connectivity index (χ0v) is 14.7. The molecule has 0 amide bonds. The number of hydrogen-bond donors (Lipinski definition) is 0. The molecular formula is C16H10F9I. The predicted molar refractivity (Wildman–Crippen MR) is 85.2 cm³/mol. The van der Waals surface area contributed by atoms with E-state index < -0.39 is 41.8 Å². The molecule has 0 fully saturated rings. The first-order valence-electron chi connectivity index (χ1n) is 6.84. The minimum absolute atomic E-state index is 0.370. The Morgan fingerprint density at radius 3 is 1.15 bits per heavy atom. The second-order valence-corrected chi connectivity index (χ2v) is 10.5. The van der Waals surface area contributed by atoms with E-state index in [9.17, 15) is 39.5 Å². The van der Waals surface area contributed by atoms with Gasteiger partial charge >= 0.3 is 149 Å². The molecule has 0 N–H and O–H groups in total. The van der Waals surface area contributed by atoms with Crippen molar-refractivity contribution in [3.05, 3.63) is 67.8 Å². The van der Waals surface area contributed by atoms with Gasteiger partial charge in [0.1, 0.15) is 0 Å². The first kappa shape index (κ1) is 20.8. The fourth-order valence-corrected chi connectivity index (χ4v) is 7.52. The van der Waals surface area contributed by atoms with E-state index in [4.69, 9.17) is 0 Å². The van der Waals surface area contributed by atoms with Gasteiger partial charge in [-0.15, -0.1) is 0 Å². The topological polar surface area (TPSA) is 0 Å². The Morgan fingerprint density at radius 1 is 0.500 bits per heavy atom. The summed E-state index contributed by atoms with van der Waals surface area (Å²) in [6.07, 6.45) is -6.82. The van der Waals surface area contributed by atoms with E-state index in [0.717, 1.165) is 24.3 Å². The SMILES string of the molecule is FC(F)(F)C(F)(F)C(F)(F)C(F)(F)I(c1ccccc1)c1ccccc1. The molecule has 2 aromatic carbocycles. The van der Waals surface area contributed by atoms with Crippen molar-refractivity contribution in [3.63, 3.8) is 0 Å². The van der Waals surface area contributed by atoms with Gasteiger partial charge in [0.25, 0.3) is 0 Å². The van der Waals surface area contributed by atoms with Crippen molar-refractivity contribution in [3.8, 4) is 0 Å². The van der Waals surface area contributed by atoms with E-state index in [0.29, 0.717) is 0 Å². The van der Waals surface area contributed by atoms with Gasteiger partial charge in [0.15, 0.2) is 0 Å². The van der Waals surface area contributed by atoms with Crippen LogP contribution >= 0.6 is 19.8 Å². The standard InChI is InChI=1S/C16H10F9I/c17-13(18,15(21,22)23)14(19,20)16(24,25)26(11-7-3-1-4-8-11)12-9-5-2-6-10-12/h1-10H. The van der Waals surface area contributed by atoms with E-state index in [-0.39, 0.29) is 7.14 Å². The third-order valence-corrected chi connectivity index (χ3v) is 9.21. The van der Waals surface area contributed by atoms with Crippen LogP contribution in [0, 0.1) is 7.14 Å². The van der Waals surface area contributed by atoms with Gasteiger partial charge in [-0.3, -0.25) is 0 Å². The van der Waals surface area contributed by atoms with Crippen molar-refractivity contribution < 1.29 is 39.5 Å². The van der Waals surface area contributed by atoms with E-state index in [2.05, 4.69) is 0 Å². The third kappa shape index (κ3) is 3.39. The van der Waals surface area contributed by atoms with Crippen molar-refractivity contribution in [2.75, 3.05) is 0 Å². The summed E-state index contributed by atoms with van der Waals surface area (Å²) in [6.45, 7) is 0. The Hall–Kier alpha value is -1.46. The predicted octanol–water partition coefficient (Wildman–Crippen LogP) is 6.66. The molecule has 10 heteroatoms. The van der Waals surface area contributed by atoms with E-state index in [1.807, 2.05) is 0 Å². The number of benzene rings is 2. The van der Waals surface area contributed by atoms with Gasteiger partial charge in [-0.2, -0.15) is 0 Å². The minimum atomic E-state index is -6.89. The third-order valence-electron chi connectivity index (χ3n) is 3.25. The van der Waals surface area contributed by atoms with Crippen LogP contribution in [0.15, 0.2) is 60.7 Å². The number of halogens is 10. The zero-order chi connectivity index (χ0) is 19.8. The normalized spacial score (nSPS) is 14.3. The average Bonchev–Trinajstić information content (AvgIpc) is 2.55. The Labute approximate surface area is 149 Å². The molecule has 0 saturated heterocycles. The second kappa shape index (κ2) is 6.93. The fraction of sp³-hybridized carbons (Fsp3) is 0.250. The summed E-state index contributed by atoms with van der Waals surface area (Å²) < 4.78 is 114. The molecule has 0 saturated carbocycles. The molecule has 0 radical (unpaired) electrons. The number of rotatable bonds is 5. The Balaban J connectivity index is 2.67. The Kier molecular flexibility index (Phi) is 5.56. The number of alkyl halides is 10. The molecule has 0 atom stereocenters. The molecule has 0 nitrogen and oxygen atoms in total. The summed E-state index contributed by atoms with van der Waals surface area (Å²) >= 11 is -4.75. The molecule has 0 spiro atoms. The molecule has 2 aromatic rings. The van der Waals surface area contributed by atoms with Crippen LogP contribution in [0.25, 0.3) is 0 Å². The second-order valence-electron chi connectivity index (χ2n) is 5.02. The molecule has 0 aliphatic heterocycles. The maximum atomic E-state index is 14.6. The quantitative estimate of drug-likeness (QED) is 0.245. The molecule has 0 aliphatic carbocycles. The van der Waals surface area contributed by atoms with Crippen molar-refractivity contribution in [1.29, 1.82) is 0 Å². The van der Waals surface area contributed by atoms with Crippen LogP contribution < -0.4 is 0 Å². The van der Waals surface area contributed by atoms with Gasteiger partial charge in [-0.05, 0) is 0 Å². The van der Waals surface area contributed by atoms with Crippen LogP contribution in [-0.2, 0) is 0 Å². The van der Waals surface area contributed by atoms with E-state index in [1.165, 1.54) is 36.4 Å². The first-order valence-corrected chi connectivity index (χ1v) is 10.1. The summed E-state index contributed by atoms with van der Waals surface area (Å²) in [5.41, 5.74) is 0. The summed E-state index contributed by atoms with van der Waals surface area (Å²) in [5.74, 6) is -13.5. The molecule has 0 bridgehead atoms. The summed E-state index contributed by atoms with van der Waals surface area (Å²) in [4.78, 5) is 0. The van der Waals surface area contributed by atoms with Crippen molar-refractivity contribution in [1.82, 2.24) is 0 Å². The van der Waals surface area contributed by atoms with Gasteiger partial charge in [0.05, 0.1) is 0 Å². The van der Waals surface area contributed by atoms with Crippen LogP contribution in [0.2, 0.25) is 0 Å². The summed E-state index contributed by atoms with van der Waals surface area (Å²) in [5, 5.41) is 0.